The Morgan fingerprint density at radius 2 is 1.91 bits per heavy atom. The van der Waals surface area contributed by atoms with Gasteiger partial charge in [-0.1, -0.05) is 39.3 Å². The summed E-state index contributed by atoms with van der Waals surface area (Å²) in [6.45, 7) is 22.3. The second-order valence-corrected chi connectivity index (χ2v) is 16.5. The summed E-state index contributed by atoms with van der Waals surface area (Å²) in [6, 6.07) is 0. The van der Waals surface area contributed by atoms with E-state index in [-0.39, 0.29) is 17.1 Å². The summed E-state index contributed by atoms with van der Waals surface area (Å²) in [5.74, 6) is 0.316. The Hall–Kier alpha value is -1.24. The van der Waals surface area contributed by atoms with Crippen LogP contribution < -0.4 is 0 Å². The molecule has 1 aromatic heterocycles. The molecule has 1 unspecified atom stereocenters. The van der Waals surface area contributed by atoms with Gasteiger partial charge in [-0.25, -0.2) is 4.98 Å². The van der Waals surface area contributed by atoms with Gasteiger partial charge < -0.3 is 9.16 Å². The third kappa shape index (κ3) is 10.6. The highest BCUT2D eigenvalue weighted by molar-refractivity contribution is 7.09. The van der Waals surface area contributed by atoms with E-state index >= 15 is 0 Å². The molecular formula is C26H45NO3SSi. The molecule has 1 rings (SSSR count). The summed E-state index contributed by atoms with van der Waals surface area (Å²) >= 11 is 1.63. The lowest BCUT2D eigenvalue weighted by atomic mass is 10.0. The molecular weight excluding hydrogens is 434 g/mol. The lowest BCUT2D eigenvalue weighted by Crippen LogP contribution is -2.41. The van der Waals surface area contributed by atoms with Crippen LogP contribution in [-0.2, 0) is 14.0 Å². The number of carbonyl (C=O) groups excluding carboxylic acids is 1. The summed E-state index contributed by atoms with van der Waals surface area (Å²) in [7, 11) is -1.67. The van der Waals surface area contributed by atoms with Crippen molar-refractivity contribution in [1.29, 1.82) is 0 Å². The number of hydrogen-bond donors (Lipinski definition) is 0. The molecule has 0 fully saturated rings. The van der Waals surface area contributed by atoms with Gasteiger partial charge in [-0.3, -0.25) is 4.79 Å². The number of nitrogens with zero attached hydrogens (tertiary/aromatic N) is 1. The van der Waals surface area contributed by atoms with Gasteiger partial charge in [-0.15, -0.1) is 11.3 Å². The molecule has 4 nitrogen and oxygen atoms in total. The highest BCUT2D eigenvalue weighted by Crippen LogP contribution is 2.37. The summed E-state index contributed by atoms with van der Waals surface area (Å²) in [6.07, 6.45) is 8.05. The van der Waals surface area contributed by atoms with Gasteiger partial charge in [0.1, 0.15) is 6.10 Å². The summed E-state index contributed by atoms with van der Waals surface area (Å²) in [5.41, 5.74) is 3.29. The summed E-state index contributed by atoms with van der Waals surface area (Å²) in [4.78, 5) is 16.1. The second-order valence-electron chi connectivity index (χ2n) is 10.6. The number of allylic oxidation sites excluding steroid dienone is 1. The standard InChI is InChI=1S/C26H45NO3SSi/c1-19(12-11-13-20(2)17-29-32(9,10)26(6,7)8)14-15-25(30-23(5)28)21(3)16-24-18-31-22(4)27-24/h14,16,18,20,25H,11-13,15,17H2,1-10H3/b19-14-,21-16+/t20-,25?/m0/s1. The normalized spacial score (nSPS) is 15.6. The van der Waals surface area contributed by atoms with Crippen LogP contribution in [0.3, 0.4) is 0 Å². The van der Waals surface area contributed by atoms with E-state index in [1.165, 1.54) is 12.5 Å². The average molecular weight is 480 g/mol. The molecule has 0 spiro atoms. The number of aryl methyl sites for hydroxylation is 1. The smallest absolute Gasteiger partial charge is 0.303 e. The number of thiazole rings is 1. The minimum absolute atomic E-state index is 0.249. The first-order valence-corrected chi connectivity index (χ1v) is 15.6. The summed E-state index contributed by atoms with van der Waals surface area (Å²) < 4.78 is 12.0. The van der Waals surface area contributed by atoms with E-state index in [4.69, 9.17) is 9.16 Å². The van der Waals surface area contributed by atoms with E-state index in [1.807, 2.05) is 25.3 Å². The monoisotopic (exact) mass is 479 g/mol. The first-order chi connectivity index (χ1) is 14.7. The molecule has 1 heterocycles. The van der Waals surface area contributed by atoms with Crippen LogP contribution in [0.1, 0.15) is 84.9 Å². The van der Waals surface area contributed by atoms with E-state index in [1.54, 1.807) is 11.3 Å². The highest BCUT2D eigenvalue weighted by atomic mass is 32.1. The minimum Gasteiger partial charge on any atom is -0.458 e. The van der Waals surface area contributed by atoms with E-state index in [0.29, 0.717) is 12.3 Å². The van der Waals surface area contributed by atoms with Gasteiger partial charge in [0.25, 0.3) is 0 Å². The van der Waals surface area contributed by atoms with Gasteiger partial charge in [0.05, 0.1) is 10.7 Å². The number of carbonyl (C=O) groups is 1. The van der Waals surface area contributed by atoms with Crippen molar-refractivity contribution in [2.45, 2.75) is 105 Å². The highest BCUT2D eigenvalue weighted by Gasteiger charge is 2.37. The molecule has 0 bridgehead atoms. The molecule has 0 amide bonds. The Bertz CT molecular complexity index is 789. The minimum atomic E-state index is -1.67. The molecule has 1 aromatic rings. The number of hydrogen-bond acceptors (Lipinski definition) is 5. The SMILES string of the molecule is CC(=O)OC(C/C=C(/C)CCC[C@H](C)CO[Si](C)(C)C(C)(C)C)/C(C)=C/c1csc(C)n1. The van der Waals surface area contributed by atoms with Crippen molar-refractivity contribution in [3.05, 3.63) is 33.3 Å². The van der Waals surface area contributed by atoms with E-state index in [2.05, 4.69) is 58.8 Å². The van der Waals surface area contributed by atoms with Crippen LogP contribution in [0.2, 0.25) is 18.1 Å². The Morgan fingerprint density at radius 3 is 2.44 bits per heavy atom. The van der Waals surface area contributed by atoms with Crippen molar-refractivity contribution < 1.29 is 14.0 Å². The Morgan fingerprint density at radius 1 is 1.25 bits per heavy atom. The molecule has 0 aliphatic carbocycles. The van der Waals surface area contributed by atoms with Gasteiger partial charge in [0.15, 0.2) is 8.32 Å². The van der Waals surface area contributed by atoms with Crippen LogP contribution >= 0.6 is 11.3 Å². The number of esters is 1. The fraction of sp³-hybridized carbons (Fsp3) is 0.692. The van der Waals surface area contributed by atoms with E-state index in [0.717, 1.165) is 42.1 Å². The third-order valence-corrected chi connectivity index (χ3v) is 11.6. The maximum atomic E-state index is 11.6. The molecule has 0 aliphatic rings. The maximum absolute atomic E-state index is 11.6. The van der Waals surface area contributed by atoms with Crippen molar-refractivity contribution in [3.63, 3.8) is 0 Å². The predicted octanol–water partition coefficient (Wildman–Crippen LogP) is 7.95. The lowest BCUT2D eigenvalue weighted by Gasteiger charge is -2.37. The van der Waals surface area contributed by atoms with Gasteiger partial charge >= 0.3 is 5.97 Å². The average Bonchev–Trinajstić information content (AvgIpc) is 3.06. The van der Waals surface area contributed by atoms with Crippen LogP contribution in [-0.4, -0.2) is 32.0 Å². The molecule has 6 heteroatoms. The Balaban J connectivity index is 2.55. The number of rotatable bonds is 12. The zero-order valence-corrected chi connectivity index (χ0v) is 23.8. The quantitative estimate of drug-likeness (QED) is 0.173. The van der Waals surface area contributed by atoms with Gasteiger partial charge in [0, 0.05) is 25.3 Å². The van der Waals surface area contributed by atoms with Crippen molar-refractivity contribution in [1.82, 2.24) is 4.98 Å². The van der Waals surface area contributed by atoms with Crippen LogP contribution in [0.15, 0.2) is 22.6 Å². The molecule has 0 radical (unpaired) electrons. The molecule has 182 valence electrons. The second kappa shape index (κ2) is 12.9. The van der Waals surface area contributed by atoms with E-state index < -0.39 is 8.32 Å². The van der Waals surface area contributed by atoms with Crippen LogP contribution in [0.25, 0.3) is 6.08 Å². The van der Waals surface area contributed by atoms with Crippen molar-refractivity contribution >= 4 is 31.7 Å². The molecule has 0 aromatic carbocycles. The zero-order chi connectivity index (χ0) is 24.5. The van der Waals surface area contributed by atoms with Crippen LogP contribution in [0.4, 0.5) is 0 Å². The van der Waals surface area contributed by atoms with Crippen molar-refractivity contribution in [3.8, 4) is 0 Å². The number of aromatic nitrogens is 1. The van der Waals surface area contributed by atoms with Crippen molar-refractivity contribution in [2.75, 3.05) is 6.61 Å². The summed E-state index contributed by atoms with van der Waals surface area (Å²) in [5, 5.41) is 3.32. The first-order valence-electron chi connectivity index (χ1n) is 11.8. The fourth-order valence-corrected chi connectivity index (χ4v) is 4.79. The predicted molar refractivity (Wildman–Crippen MR) is 141 cm³/mol. The molecule has 0 saturated heterocycles. The zero-order valence-electron chi connectivity index (χ0n) is 22.0. The molecule has 0 saturated carbocycles. The molecule has 0 aliphatic heterocycles. The van der Waals surface area contributed by atoms with Crippen LogP contribution in [0.5, 0.6) is 0 Å². The molecule has 2 atom stereocenters. The van der Waals surface area contributed by atoms with Gasteiger partial charge in [-0.2, -0.15) is 0 Å². The van der Waals surface area contributed by atoms with Crippen LogP contribution in [0, 0.1) is 12.8 Å². The molecule has 0 N–H and O–H groups in total. The number of ether oxygens (including phenoxy) is 1. The van der Waals surface area contributed by atoms with E-state index in [9.17, 15) is 4.79 Å². The molecule has 32 heavy (non-hydrogen) atoms. The Kier molecular flexibility index (Phi) is 11.6. The van der Waals surface area contributed by atoms with Crippen molar-refractivity contribution in [2.24, 2.45) is 5.92 Å². The largest absolute Gasteiger partial charge is 0.458 e. The maximum Gasteiger partial charge on any atom is 0.303 e. The van der Waals surface area contributed by atoms with Gasteiger partial charge in [-0.05, 0) is 75.7 Å². The van der Waals surface area contributed by atoms with Gasteiger partial charge in [0.2, 0.25) is 0 Å². The first kappa shape index (κ1) is 28.8. The third-order valence-electron chi connectivity index (χ3n) is 6.31. The lowest BCUT2D eigenvalue weighted by molar-refractivity contribution is -0.144. The topological polar surface area (TPSA) is 48.4 Å². The Labute approximate surface area is 201 Å². The fourth-order valence-electron chi connectivity index (χ4n) is 3.09.